The number of aliphatic hydroxyl groups excluding tert-OH is 4. The molecule has 0 bridgehead atoms. The fourth-order valence-corrected chi connectivity index (χ4v) is 2.20. The number of nitrogens with zero attached hydrogens (tertiary/aromatic N) is 1. The summed E-state index contributed by atoms with van der Waals surface area (Å²) in [5, 5.41) is 38.2. The van der Waals surface area contributed by atoms with Crippen molar-refractivity contribution in [1.29, 1.82) is 0 Å². The third-order valence-corrected chi connectivity index (χ3v) is 3.37. The highest BCUT2D eigenvalue weighted by Gasteiger charge is 2.43. The SMILES string of the molecule is CC(C)N(CCCl)C[C@H]1OC(O)[C@H](O)[C@@H](O)[C@@H]1O. The van der Waals surface area contributed by atoms with Crippen LogP contribution in [0.25, 0.3) is 0 Å². The summed E-state index contributed by atoms with van der Waals surface area (Å²) in [6, 6.07) is 0.195. The highest BCUT2D eigenvalue weighted by atomic mass is 35.5. The van der Waals surface area contributed by atoms with Gasteiger partial charge in [0.2, 0.25) is 0 Å². The number of halogens is 1. The van der Waals surface area contributed by atoms with Gasteiger partial charge in [-0.1, -0.05) is 0 Å². The Morgan fingerprint density at radius 2 is 1.72 bits per heavy atom. The molecule has 7 heteroatoms. The van der Waals surface area contributed by atoms with Gasteiger partial charge in [0.1, 0.15) is 24.4 Å². The van der Waals surface area contributed by atoms with Gasteiger partial charge >= 0.3 is 0 Å². The van der Waals surface area contributed by atoms with Crippen molar-refractivity contribution in [3.05, 3.63) is 0 Å². The maximum absolute atomic E-state index is 9.82. The van der Waals surface area contributed by atoms with Crippen molar-refractivity contribution < 1.29 is 25.2 Å². The lowest BCUT2D eigenvalue weighted by atomic mass is 9.98. The smallest absolute Gasteiger partial charge is 0.184 e. The molecule has 6 nitrogen and oxygen atoms in total. The van der Waals surface area contributed by atoms with Crippen molar-refractivity contribution in [2.45, 2.75) is 50.6 Å². The van der Waals surface area contributed by atoms with E-state index in [-0.39, 0.29) is 6.04 Å². The van der Waals surface area contributed by atoms with Crippen LogP contribution in [-0.4, -0.2) is 81.0 Å². The van der Waals surface area contributed by atoms with Gasteiger partial charge in [-0.2, -0.15) is 0 Å². The minimum Gasteiger partial charge on any atom is -0.388 e. The molecule has 1 rings (SSSR count). The molecule has 1 heterocycles. The van der Waals surface area contributed by atoms with Crippen molar-refractivity contribution in [2.24, 2.45) is 0 Å². The van der Waals surface area contributed by atoms with Gasteiger partial charge in [0.05, 0.1) is 0 Å². The summed E-state index contributed by atoms with van der Waals surface area (Å²) in [6.45, 7) is 4.89. The van der Waals surface area contributed by atoms with E-state index in [0.717, 1.165) is 0 Å². The molecule has 18 heavy (non-hydrogen) atoms. The van der Waals surface area contributed by atoms with Gasteiger partial charge < -0.3 is 25.2 Å². The summed E-state index contributed by atoms with van der Waals surface area (Å²) in [7, 11) is 0. The van der Waals surface area contributed by atoms with Crippen molar-refractivity contribution in [3.63, 3.8) is 0 Å². The largest absolute Gasteiger partial charge is 0.388 e. The molecule has 0 aromatic rings. The van der Waals surface area contributed by atoms with E-state index >= 15 is 0 Å². The Hall–Kier alpha value is 0.0500. The predicted molar refractivity (Wildman–Crippen MR) is 66.3 cm³/mol. The van der Waals surface area contributed by atoms with E-state index in [0.29, 0.717) is 19.0 Å². The maximum Gasteiger partial charge on any atom is 0.184 e. The highest BCUT2D eigenvalue weighted by molar-refractivity contribution is 6.18. The van der Waals surface area contributed by atoms with Gasteiger partial charge in [-0.3, -0.25) is 4.90 Å². The van der Waals surface area contributed by atoms with Gasteiger partial charge in [-0.25, -0.2) is 0 Å². The molecule has 0 aliphatic carbocycles. The summed E-state index contributed by atoms with van der Waals surface area (Å²) < 4.78 is 5.12. The van der Waals surface area contributed by atoms with Crippen LogP contribution in [0.15, 0.2) is 0 Å². The molecule has 108 valence electrons. The van der Waals surface area contributed by atoms with Crippen LogP contribution in [0, 0.1) is 0 Å². The minimum absolute atomic E-state index is 0.195. The van der Waals surface area contributed by atoms with E-state index in [1.165, 1.54) is 0 Å². The summed E-state index contributed by atoms with van der Waals surface area (Å²) in [5.74, 6) is 0.439. The fraction of sp³-hybridized carbons (Fsp3) is 1.00. The van der Waals surface area contributed by atoms with Gasteiger partial charge in [0.15, 0.2) is 6.29 Å². The second kappa shape index (κ2) is 7.00. The Kier molecular flexibility index (Phi) is 6.26. The Labute approximate surface area is 112 Å². The third-order valence-electron chi connectivity index (χ3n) is 3.20. The number of hydrogen-bond acceptors (Lipinski definition) is 6. The van der Waals surface area contributed by atoms with Crippen LogP contribution in [0.3, 0.4) is 0 Å². The molecule has 0 aromatic carbocycles. The molecule has 1 saturated heterocycles. The number of rotatable bonds is 5. The van der Waals surface area contributed by atoms with Crippen molar-refractivity contribution >= 4 is 11.6 Å². The van der Waals surface area contributed by atoms with Crippen LogP contribution in [0.5, 0.6) is 0 Å². The first kappa shape index (κ1) is 16.1. The number of ether oxygens (including phenoxy) is 1. The minimum atomic E-state index is -1.49. The van der Waals surface area contributed by atoms with Gasteiger partial charge in [0, 0.05) is 25.0 Å². The molecule has 5 atom stereocenters. The zero-order valence-corrected chi connectivity index (χ0v) is 11.4. The summed E-state index contributed by atoms with van der Waals surface area (Å²) in [5.41, 5.74) is 0. The molecular weight excluding hydrogens is 262 g/mol. The van der Waals surface area contributed by atoms with Crippen LogP contribution in [0.1, 0.15) is 13.8 Å². The third kappa shape index (κ3) is 3.77. The molecule has 0 saturated carbocycles. The number of aliphatic hydroxyl groups is 4. The molecule has 0 spiro atoms. The van der Waals surface area contributed by atoms with E-state index in [2.05, 4.69) is 0 Å². The molecule has 1 aliphatic heterocycles. The summed E-state index contributed by atoms with van der Waals surface area (Å²) in [4.78, 5) is 1.97. The topological polar surface area (TPSA) is 93.4 Å². The summed E-state index contributed by atoms with van der Waals surface area (Å²) in [6.07, 6.45) is -6.39. The lowest BCUT2D eigenvalue weighted by Crippen LogP contribution is -2.60. The van der Waals surface area contributed by atoms with Crippen LogP contribution < -0.4 is 0 Å². The lowest BCUT2D eigenvalue weighted by Gasteiger charge is -2.41. The first-order valence-electron chi connectivity index (χ1n) is 6.06. The van der Waals surface area contributed by atoms with Gasteiger partial charge in [-0.15, -0.1) is 11.6 Å². The predicted octanol–water partition coefficient (Wildman–Crippen LogP) is -1.26. The van der Waals surface area contributed by atoms with E-state index in [1.54, 1.807) is 0 Å². The normalized spacial score (nSPS) is 37.5. The van der Waals surface area contributed by atoms with Crippen molar-refractivity contribution in [3.8, 4) is 0 Å². The van der Waals surface area contributed by atoms with Crippen molar-refractivity contribution in [2.75, 3.05) is 19.0 Å². The van der Waals surface area contributed by atoms with E-state index in [4.69, 9.17) is 16.3 Å². The number of hydrogen-bond donors (Lipinski definition) is 4. The molecule has 0 radical (unpaired) electrons. The molecule has 0 amide bonds. The summed E-state index contributed by atoms with van der Waals surface area (Å²) >= 11 is 5.69. The lowest BCUT2D eigenvalue weighted by molar-refractivity contribution is -0.284. The maximum atomic E-state index is 9.82. The molecule has 1 fully saturated rings. The van der Waals surface area contributed by atoms with Crippen LogP contribution >= 0.6 is 11.6 Å². The molecule has 0 aromatic heterocycles. The first-order chi connectivity index (χ1) is 8.38. The van der Waals surface area contributed by atoms with Crippen LogP contribution in [0.2, 0.25) is 0 Å². The fourth-order valence-electron chi connectivity index (χ4n) is 1.98. The zero-order valence-electron chi connectivity index (χ0n) is 10.6. The Bertz CT molecular complexity index is 256. The standard InChI is InChI=1S/C11H22ClNO5/c1-6(2)13(4-3-12)5-7-8(14)9(15)10(16)11(17)18-7/h6-11,14-17H,3-5H2,1-2H3/t7-,8-,9+,10-,11?/m1/s1. The quantitative estimate of drug-likeness (QED) is 0.471. The second-order valence-electron chi connectivity index (χ2n) is 4.81. The van der Waals surface area contributed by atoms with Gasteiger partial charge in [0.25, 0.3) is 0 Å². The molecule has 1 aliphatic rings. The van der Waals surface area contributed by atoms with Crippen LogP contribution in [-0.2, 0) is 4.74 Å². The van der Waals surface area contributed by atoms with E-state index in [9.17, 15) is 20.4 Å². The highest BCUT2D eigenvalue weighted by Crippen LogP contribution is 2.21. The van der Waals surface area contributed by atoms with Crippen LogP contribution in [0.4, 0.5) is 0 Å². The van der Waals surface area contributed by atoms with Crippen molar-refractivity contribution in [1.82, 2.24) is 4.90 Å². The van der Waals surface area contributed by atoms with E-state index < -0.39 is 30.7 Å². The average Bonchev–Trinajstić information content (AvgIpc) is 2.32. The Balaban J connectivity index is 2.64. The Morgan fingerprint density at radius 3 is 2.22 bits per heavy atom. The average molecular weight is 284 g/mol. The number of alkyl halides is 1. The monoisotopic (exact) mass is 283 g/mol. The zero-order chi connectivity index (χ0) is 13.9. The molecule has 4 N–H and O–H groups in total. The molecular formula is C11H22ClNO5. The van der Waals surface area contributed by atoms with Gasteiger partial charge in [-0.05, 0) is 13.8 Å². The second-order valence-corrected chi connectivity index (χ2v) is 5.19. The molecule has 1 unspecified atom stereocenters. The Morgan fingerprint density at radius 1 is 1.11 bits per heavy atom. The van der Waals surface area contributed by atoms with E-state index in [1.807, 2.05) is 18.7 Å². The first-order valence-corrected chi connectivity index (χ1v) is 6.59.